The molecule has 0 spiro atoms. The van der Waals surface area contributed by atoms with Gasteiger partial charge < -0.3 is 15.0 Å². The van der Waals surface area contributed by atoms with Crippen LogP contribution in [-0.2, 0) is 27.1 Å². The molecule has 8 nitrogen and oxygen atoms in total. The Hall–Kier alpha value is -3.15. The summed E-state index contributed by atoms with van der Waals surface area (Å²) in [5.74, 6) is -0.720. The number of hydrogen-bond acceptors (Lipinski definition) is 5. The smallest absolute Gasteiger partial charge is 0.368 e. The Bertz CT molecular complexity index is 1120. The molecule has 198 valence electrons. The molecule has 4 rings (SSSR count). The van der Waals surface area contributed by atoms with Crippen molar-refractivity contribution in [3.05, 3.63) is 70.2 Å². The molecular weight excluding hydrogens is 513 g/mol. The first kappa shape index (κ1) is 26.9. The van der Waals surface area contributed by atoms with Gasteiger partial charge in [-0.2, -0.15) is 13.2 Å². The van der Waals surface area contributed by atoms with Crippen LogP contribution in [0.3, 0.4) is 0 Å². The maximum atomic E-state index is 12.9. The quantitative estimate of drug-likeness (QED) is 0.503. The van der Waals surface area contributed by atoms with Gasteiger partial charge in [0.1, 0.15) is 6.04 Å². The Morgan fingerprint density at radius 2 is 1.68 bits per heavy atom. The summed E-state index contributed by atoms with van der Waals surface area (Å²) in [6.45, 7) is 2.68. The number of imide groups is 1. The van der Waals surface area contributed by atoms with Crippen molar-refractivity contribution < 1.29 is 32.3 Å². The van der Waals surface area contributed by atoms with E-state index in [1.54, 1.807) is 17.0 Å². The van der Waals surface area contributed by atoms with Crippen molar-refractivity contribution in [2.24, 2.45) is 0 Å². The van der Waals surface area contributed by atoms with Crippen molar-refractivity contribution in [1.29, 1.82) is 0 Å². The number of hydrogen-bond donors (Lipinski definition) is 2. The van der Waals surface area contributed by atoms with Crippen LogP contribution < -0.4 is 10.6 Å². The van der Waals surface area contributed by atoms with Gasteiger partial charge in [0.15, 0.2) is 0 Å². The second-order valence-corrected chi connectivity index (χ2v) is 9.38. The molecule has 12 heteroatoms. The molecule has 0 aromatic heterocycles. The van der Waals surface area contributed by atoms with Gasteiger partial charge in [-0.3, -0.25) is 19.8 Å². The lowest BCUT2D eigenvalue weighted by Crippen LogP contribution is -2.51. The molecule has 2 N–H and O–H groups in total. The Labute approximate surface area is 216 Å². The Morgan fingerprint density at radius 3 is 2.24 bits per heavy atom. The fraction of sp³-hybridized carbons (Fsp3) is 0.400. The maximum Gasteiger partial charge on any atom is 0.416 e. The Balaban J connectivity index is 1.34. The molecular formula is C25H26ClF3N4O4. The maximum absolute atomic E-state index is 12.9. The standard InChI is InChI=1S/C25H26ClF3N4O4/c26-19-7-3-17(4-8-19)21(37-15-16-1-5-18(6-2-16)25(27,28)29)14-32-9-11-33(12-10-32)22(34)13-20-23(35)31-24(36)30-20/h1-8,20-21H,9-15H2,(H2,30,31,35,36)/t20-,21-/m0/s1. The van der Waals surface area contributed by atoms with Gasteiger partial charge in [-0.1, -0.05) is 35.9 Å². The minimum Gasteiger partial charge on any atom is -0.368 e. The molecule has 37 heavy (non-hydrogen) atoms. The molecule has 0 saturated carbocycles. The topological polar surface area (TPSA) is 91.0 Å². The average molecular weight is 539 g/mol. The second kappa shape index (κ2) is 11.5. The SMILES string of the molecule is O=C1NC(=O)[C@H](CC(=O)N2CCN(C[C@H](OCc3ccc(C(F)(F)F)cc3)c3ccc(Cl)cc3)CC2)N1. The van der Waals surface area contributed by atoms with Gasteiger partial charge in [0.2, 0.25) is 5.91 Å². The predicted octanol–water partition coefficient (Wildman–Crippen LogP) is 3.36. The molecule has 0 bridgehead atoms. The van der Waals surface area contributed by atoms with E-state index in [1.807, 2.05) is 12.1 Å². The van der Waals surface area contributed by atoms with E-state index in [1.165, 1.54) is 12.1 Å². The lowest BCUT2D eigenvalue weighted by molar-refractivity contribution is -0.137. The number of benzene rings is 2. The van der Waals surface area contributed by atoms with E-state index in [0.717, 1.165) is 17.7 Å². The summed E-state index contributed by atoms with van der Waals surface area (Å²) in [5.41, 5.74) is 0.775. The van der Waals surface area contributed by atoms with Crippen molar-refractivity contribution in [3.63, 3.8) is 0 Å². The van der Waals surface area contributed by atoms with E-state index in [9.17, 15) is 27.6 Å². The van der Waals surface area contributed by atoms with E-state index in [0.29, 0.717) is 43.3 Å². The summed E-state index contributed by atoms with van der Waals surface area (Å²) < 4.78 is 44.7. The summed E-state index contributed by atoms with van der Waals surface area (Å²) >= 11 is 6.03. The number of carbonyl (C=O) groups is 3. The minimum atomic E-state index is -4.40. The highest BCUT2D eigenvalue weighted by atomic mass is 35.5. The monoisotopic (exact) mass is 538 g/mol. The van der Waals surface area contributed by atoms with Gasteiger partial charge in [-0.25, -0.2) is 4.79 Å². The zero-order valence-electron chi connectivity index (χ0n) is 19.8. The van der Waals surface area contributed by atoms with Crippen LogP contribution in [0.15, 0.2) is 48.5 Å². The summed E-state index contributed by atoms with van der Waals surface area (Å²) in [7, 11) is 0. The zero-order valence-corrected chi connectivity index (χ0v) is 20.5. The molecule has 0 radical (unpaired) electrons. The molecule has 2 aliphatic heterocycles. The second-order valence-electron chi connectivity index (χ2n) is 8.95. The van der Waals surface area contributed by atoms with E-state index in [-0.39, 0.29) is 25.0 Å². The highest BCUT2D eigenvalue weighted by molar-refractivity contribution is 6.30. The van der Waals surface area contributed by atoms with Gasteiger partial charge >= 0.3 is 12.2 Å². The summed E-state index contributed by atoms with van der Waals surface area (Å²) in [5, 5.41) is 5.12. The van der Waals surface area contributed by atoms with Gasteiger partial charge in [0.05, 0.1) is 24.7 Å². The Morgan fingerprint density at radius 1 is 1.03 bits per heavy atom. The zero-order chi connectivity index (χ0) is 26.6. The van der Waals surface area contributed by atoms with Gasteiger partial charge in [0, 0.05) is 37.7 Å². The van der Waals surface area contributed by atoms with Crippen LogP contribution in [0.5, 0.6) is 0 Å². The van der Waals surface area contributed by atoms with Crippen LogP contribution in [-0.4, -0.2) is 66.4 Å². The summed E-state index contributed by atoms with van der Waals surface area (Å²) in [6.07, 6.45) is -4.87. The van der Waals surface area contributed by atoms with E-state index in [4.69, 9.17) is 16.3 Å². The van der Waals surface area contributed by atoms with Gasteiger partial charge in [-0.05, 0) is 35.4 Å². The lowest BCUT2D eigenvalue weighted by atomic mass is 10.1. The highest BCUT2D eigenvalue weighted by Crippen LogP contribution is 2.30. The number of rotatable bonds is 8. The molecule has 2 aliphatic rings. The number of nitrogens with one attached hydrogen (secondary N) is 2. The van der Waals surface area contributed by atoms with E-state index in [2.05, 4.69) is 15.5 Å². The van der Waals surface area contributed by atoms with Gasteiger partial charge in [0.25, 0.3) is 5.91 Å². The first-order valence-corrected chi connectivity index (χ1v) is 12.1. The normalized spacial score (nSPS) is 19.5. The molecule has 2 heterocycles. The molecule has 2 aromatic carbocycles. The Kier molecular flexibility index (Phi) is 8.35. The third-order valence-corrected chi connectivity index (χ3v) is 6.61. The lowest BCUT2D eigenvalue weighted by Gasteiger charge is -2.36. The molecule has 4 amide bonds. The number of amides is 4. The molecule has 2 atom stereocenters. The first-order valence-electron chi connectivity index (χ1n) is 11.7. The van der Waals surface area contributed by atoms with Crippen LogP contribution in [0.4, 0.5) is 18.0 Å². The largest absolute Gasteiger partial charge is 0.416 e. The summed E-state index contributed by atoms with van der Waals surface area (Å²) in [6, 6.07) is 10.6. The minimum absolute atomic E-state index is 0.0960. The van der Waals surface area contributed by atoms with Crippen LogP contribution in [0.1, 0.15) is 29.2 Å². The van der Waals surface area contributed by atoms with Crippen molar-refractivity contribution in [2.45, 2.75) is 31.3 Å². The number of ether oxygens (including phenoxy) is 1. The third-order valence-electron chi connectivity index (χ3n) is 6.36. The van der Waals surface area contributed by atoms with Crippen molar-refractivity contribution in [3.8, 4) is 0 Å². The average Bonchev–Trinajstić information content (AvgIpc) is 3.18. The number of alkyl halides is 3. The van der Waals surface area contributed by atoms with Crippen LogP contribution in [0.2, 0.25) is 5.02 Å². The third kappa shape index (κ3) is 7.21. The molecule has 2 fully saturated rings. The summed E-state index contributed by atoms with van der Waals surface area (Å²) in [4.78, 5) is 39.4. The molecule has 0 unspecified atom stereocenters. The number of piperazine rings is 1. The van der Waals surface area contributed by atoms with E-state index < -0.39 is 29.7 Å². The molecule has 2 aromatic rings. The number of halogens is 4. The van der Waals surface area contributed by atoms with Crippen molar-refractivity contribution in [2.75, 3.05) is 32.7 Å². The van der Waals surface area contributed by atoms with Crippen molar-refractivity contribution >= 4 is 29.4 Å². The van der Waals surface area contributed by atoms with E-state index >= 15 is 0 Å². The number of urea groups is 1. The van der Waals surface area contributed by atoms with Crippen LogP contribution in [0.25, 0.3) is 0 Å². The fourth-order valence-corrected chi connectivity index (χ4v) is 4.37. The number of carbonyl (C=O) groups excluding carboxylic acids is 3. The number of nitrogens with zero attached hydrogens (tertiary/aromatic N) is 2. The highest BCUT2D eigenvalue weighted by Gasteiger charge is 2.34. The van der Waals surface area contributed by atoms with Crippen molar-refractivity contribution in [1.82, 2.24) is 20.4 Å². The van der Waals surface area contributed by atoms with Crippen LogP contribution in [0, 0.1) is 0 Å². The first-order chi connectivity index (χ1) is 17.6. The van der Waals surface area contributed by atoms with Crippen LogP contribution >= 0.6 is 11.6 Å². The van der Waals surface area contributed by atoms with Gasteiger partial charge in [-0.15, -0.1) is 0 Å². The fourth-order valence-electron chi connectivity index (χ4n) is 4.24. The molecule has 2 saturated heterocycles. The predicted molar refractivity (Wildman–Crippen MR) is 129 cm³/mol. The molecule has 0 aliphatic carbocycles.